The van der Waals surface area contributed by atoms with Crippen LogP contribution in [0.3, 0.4) is 0 Å². The van der Waals surface area contributed by atoms with E-state index in [-0.39, 0.29) is 6.61 Å². The van der Waals surface area contributed by atoms with E-state index < -0.39 is 0 Å². The molecule has 0 heterocycles. The van der Waals surface area contributed by atoms with E-state index in [1.165, 1.54) is 0 Å². The van der Waals surface area contributed by atoms with E-state index in [9.17, 15) is 5.11 Å². The first-order chi connectivity index (χ1) is 7.33. The molecule has 2 heteroatoms. The number of aliphatic hydroxyl groups excluding tert-OH is 1. The number of nitrogen functional groups attached to an aromatic ring is 1. The molecule has 0 bridgehead atoms. The van der Waals surface area contributed by atoms with Gasteiger partial charge in [0.2, 0.25) is 0 Å². The van der Waals surface area contributed by atoms with Crippen LogP contribution in [0.25, 0.3) is 11.1 Å². The molecule has 0 atom stereocenters. The summed E-state index contributed by atoms with van der Waals surface area (Å²) in [6.45, 7) is 0.00919. The van der Waals surface area contributed by atoms with Crippen molar-refractivity contribution in [1.82, 2.24) is 0 Å². The second kappa shape index (κ2) is 4.15. The summed E-state index contributed by atoms with van der Waals surface area (Å²) in [5, 5.41) is 9.25. The van der Waals surface area contributed by atoms with Crippen molar-refractivity contribution < 1.29 is 5.11 Å². The highest BCUT2D eigenvalue weighted by Gasteiger charge is 2.06. The highest BCUT2D eigenvalue weighted by Crippen LogP contribution is 2.29. The molecule has 0 unspecified atom stereocenters. The largest absolute Gasteiger partial charge is 0.398 e. The second-order valence-electron chi connectivity index (χ2n) is 3.41. The Balaban J connectivity index is 2.61. The Morgan fingerprint density at radius 3 is 2.33 bits per heavy atom. The Labute approximate surface area is 89.0 Å². The predicted octanol–water partition coefficient (Wildman–Crippen LogP) is 2.43. The van der Waals surface area contributed by atoms with Gasteiger partial charge in [-0.25, -0.2) is 0 Å². The normalized spacial score (nSPS) is 10.2. The van der Waals surface area contributed by atoms with Crippen molar-refractivity contribution in [2.24, 2.45) is 0 Å². The van der Waals surface area contributed by atoms with Crippen LogP contribution in [-0.2, 0) is 6.61 Å². The molecule has 0 aliphatic rings. The van der Waals surface area contributed by atoms with Crippen LogP contribution in [-0.4, -0.2) is 5.11 Å². The molecular formula is C13H13NO. The predicted molar refractivity (Wildman–Crippen MR) is 62.2 cm³/mol. The minimum atomic E-state index is 0.00919. The molecule has 2 aromatic carbocycles. The van der Waals surface area contributed by atoms with Gasteiger partial charge < -0.3 is 10.8 Å². The lowest BCUT2D eigenvalue weighted by Gasteiger charge is -2.10. The van der Waals surface area contributed by atoms with Crippen molar-refractivity contribution >= 4 is 5.69 Å². The van der Waals surface area contributed by atoms with E-state index in [0.29, 0.717) is 5.69 Å². The third kappa shape index (κ3) is 1.85. The standard InChI is InChI=1S/C13H13NO/c14-12-8-4-7-11(9-15)13(12)10-5-2-1-3-6-10/h1-8,15H,9,14H2. The molecule has 0 aliphatic heterocycles. The fourth-order valence-electron chi connectivity index (χ4n) is 1.71. The van der Waals surface area contributed by atoms with Crippen LogP contribution < -0.4 is 5.73 Å². The zero-order chi connectivity index (χ0) is 10.7. The second-order valence-corrected chi connectivity index (χ2v) is 3.41. The highest BCUT2D eigenvalue weighted by atomic mass is 16.3. The van der Waals surface area contributed by atoms with Gasteiger partial charge in [-0.15, -0.1) is 0 Å². The fourth-order valence-corrected chi connectivity index (χ4v) is 1.71. The Morgan fingerprint density at radius 1 is 0.933 bits per heavy atom. The molecule has 0 saturated heterocycles. The molecule has 0 aliphatic carbocycles. The summed E-state index contributed by atoms with van der Waals surface area (Å²) in [5.41, 5.74) is 9.45. The van der Waals surface area contributed by atoms with Gasteiger partial charge in [0, 0.05) is 11.3 Å². The number of nitrogens with two attached hydrogens (primary N) is 1. The summed E-state index contributed by atoms with van der Waals surface area (Å²) >= 11 is 0. The Morgan fingerprint density at radius 2 is 1.67 bits per heavy atom. The minimum absolute atomic E-state index is 0.00919. The quantitative estimate of drug-likeness (QED) is 0.730. The van der Waals surface area contributed by atoms with E-state index in [2.05, 4.69) is 0 Å². The van der Waals surface area contributed by atoms with Crippen LogP contribution in [0.5, 0.6) is 0 Å². The molecule has 3 N–H and O–H groups in total. The molecule has 15 heavy (non-hydrogen) atoms. The Hall–Kier alpha value is -1.80. The maximum absolute atomic E-state index is 9.25. The lowest BCUT2D eigenvalue weighted by molar-refractivity contribution is 0.282. The van der Waals surface area contributed by atoms with E-state index in [1.807, 2.05) is 48.5 Å². The van der Waals surface area contributed by atoms with Gasteiger partial charge in [0.1, 0.15) is 0 Å². The van der Waals surface area contributed by atoms with Gasteiger partial charge in [-0.3, -0.25) is 0 Å². The minimum Gasteiger partial charge on any atom is -0.398 e. The van der Waals surface area contributed by atoms with Crippen LogP contribution in [0.4, 0.5) is 5.69 Å². The van der Waals surface area contributed by atoms with Crippen LogP contribution in [0.15, 0.2) is 48.5 Å². The SMILES string of the molecule is Nc1cccc(CO)c1-c1ccccc1. The van der Waals surface area contributed by atoms with Gasteiger partial charge in [0.05, 0.1) is 6.61 Å². The van der Waals surface area contributed by atoms with E-state index >= 15 is 0 Å². The van der Waals surface area contributed by atoms with Crippen molar-refractivity contribution in [3.8, 4) is 11.1 Å². The van der Waals surface area contributed by atoms with Crippen LogP contribution in [0.1, 0.15) is 5.56 Å². The van der Waals surface area contributed by atoms with Crippen LogP contribution in [0, 0.1) is 0 Å². The molecule has 0 fully saturated rings. The summed E-state index contributed by atoms with van der Waals surface area (Å²) in [4.78, 5) is 0. The van der Waals surface area contributed by atoms with Crippen LogP contribution in [0.2, 0.25) is 0 Å². The van der Waals surface area contributed by atoms with E-state index in [4.69, 9.17) is 5.73 Å². The van der Waals surface area contributed by atoms with Crippen molar-refractivity contribution in [1.29, 1.82) is 0 Å². The maximum atomic E-state index is 9.25. The summed E-state index contributed by atoms with van der Waals surface area (Å²) in [7, 11) is 0. The zero-order valence-electron chi connectivity index (χ0n) is 8.35. The molecule has 2 rings (SSSR count). The smallest absolute Gasteiger partial charge is 0.0688 e. The fraction of sp³-hybridized carbons (Fsp3) is 0.0769. The van der Waals surface area contributed by atoms with Crippen LogP contribution >= 0.6 is 0 Å². The highest BCUT2D eigenvalue weighted by molar-refractivity contribution is 5.79. The number of hydrogen-bond acceptors (Lipinski definition) is 2. The maximum Gasteiger partial charge on any atom is 0.0688 e. The molecule has 0 spiro atoms. The Bertz CT molecular complexity index is 451. The molecule has 2 aromatic rings. The summed E-state index contributed by atoms with van der Waals surface area (Å²) in [5.74, 6) is 0. The molecule has 0 radical (unpaired) electrons. The van der Waals surface area contributed by atoms with Crippen molar-refractivity contribution in [3.05, 3.63) is 54.1 Å². The molecule has 0 saturated carbocycles. The zero-order valence-corrected chi connectivity index (χ0v) is 8.35. The number of rotatable bonds is 2. The monoisotopic (exact) mass is 199 g/mol. The van der Waals surface area contributed by atoms with Gasteiger partial charge in [0.15, 0.2) is 0 Å². The first kappa shape index (κ1) is 9.74. The first-order valence-electron chi connectivity index (χ1n) is 4.86. The third-order valence-corrected chi connectivity index (χ3v) is 2.42. The molecule has 0 amide bonds. The van der Waals surface area contributed by atoms with Gasteiger partial charge in [-0.2, -0.15) is 0 Å². The number of aliphatic hydroxyl groups is 1. The summed E-state index contributed by atoms with van der Waals surface area (Å²) in [6, 6.07) is 15.5. The number of benzene rings is 2. The lowest BCUT2D eigenvalue weighted by atomic mass is 9.98. The molecule has 2 nitrogen and oxygen atoms in total. The summed E-state index contributed by atoms with van der Waals surface area (Å²) in [6.07, 6.45) is 0. The van der Waals surface area contributed by atoms with E-state index in [1.54, 1.807) is 0 Å². The van der Waals surface area contributed by atoms with Gasteiger partial charge in [-0.1, -0.05) is 42.5 Å². The first-order valence-corrected chi connectivity index (χ1v) is 4.86. The van der Waals surface area contributed by atoms with Crippen molar-refractivity contribution in [2.75, 3.05) is 5.73 Å². The average molecular weight is 199 g/mol. The molecule has 0 aromatic heterocycles. The van der Waals surface area contributed by atoms with Gasteiger partial charge >= 0.3 is 0 Å². The van der Waals surface area contributed by atoms with Crippen molar-refractivity contribution in [2.45, 2.75) is 6.61 Å². The summed E-state index contributed by atoms with van der Waals surface area (Å²) < 4.78 is 0. The van der Waals surface area contributed by atoms with E-state index in [0.717, 1.165) is 16.7 Å². The number of anilines is 1. The molecular weight excluding hydrogens is 186 g/mol. The molecule has 76 valence electrons. The Kier molecular flexibility index (Phi) is 2.70. The van der Waals surface area contributed by atoms with Gasteiger partial charge in [-0.05, 0) is 17.2 Å². The third-order valence-electron chi connectivity index (χ3n) is 2.42. The topological polar surface area (TPSA) is 46.2 Å². The van der Waals surface area contributed by atoms with Gasteiger partial charge in [0.25, 0.3) is 0 Å². The van der Waals surface area contributed by atoms with Crippen molar-refractivity contribution in [3.63, 3.8) is 0 Å². The lowest BCUT2D eigenvalue weighted by Crippen LogP contribution is -1.95. The average Bonchev–Trinajstić information content (AvgIpc) is 2.29. The number of hydrogen-bond donors (Lipinski definition) is 2.